The van der Waals surface area contributed by atoms with Gasteiger partial charge in [-0.1, -0.05) is 0 Å². The maximum atomic E-state index is 8.58. The van der Waals surface area contributed by atoms with E-state index < -0.39 is 0 Å². The predicted octanol–water partition coefficient (Wildman–Crippen LogP) is 1.54. The SMILES string of the molecule is N#Cc1ccc(-n2[c]ncc2)cc1. The van der Waals surface area contributed by atoms with E-state index in [-0.39, 0.29) is 0 Å². The Morgan fingerprint density at radius 3 is 2.62 bits per heavy atom. The summed E-state index contributed by atoms with van der Waals surface area (Å²) in [6.07, 6.45) is 6.25. The lowest BCUT2D eigenvalue weighted by Crippen LogP contribution is -1.89. The van der Waals surface area contributed by atoms with Crippen LogP contribution in [0.2, 0.25) is 0 Å². The first-order valence-electron chi connectivity index (χ1n) is 3.82. The summed E-state index contributed by atoms with van der Waals surface area (Å²) in [7, 11) is 0. The second-order valence-electron chi connectivity index (χ2n) is 2.56. The Kier molecular flexibility index (Phi) is 1.81. The van der Waals surface area contributed by atoms with Crippen LogP contribution >= 0.6 is 0 Å². The fourth-order valence-corrected chi connectivity index (χ4v) is 1.07. The van der Waals surface area contributed by atoms with Crippen LogP contribution < -0.4 is 0 Å². The third-order valence-electron chi connectivity index (χ3n) is 1.73. The number of nitrogens with zero attached hydrogens (tertiary/aromatic N) is 3. The van der Waals surface area contributed by atoms with Crippen LogP contribution in [0.25, 0.3) is 5.69 Å². The van der Waals surface area contributed by atoms with E-state index in [1.54, 1.807) is 29.1 Å². The normalized spacial score (nSPS) is 9.46. The number of hydrogen-bond acceptors (Lipinski definition) is 2. The van der Waals surface area contributed by atoms with Crippen molar-refractivity contribution in [1.82, 2.24) is 9.55 Å². The number of nitriles is 1. The zero-order valence-corrected chi connectivity index (χ0v) is 6.81. The van der Waals surface area contributed by atoms with E-state index in [1.165, 1.54) is 0 Å². The Labute approximate surface area is 75.9 Å². The topological polar surface area (TPSA) is 41.6 Å². The van der Waals surface area contributed by atoms with Crippen molar-refractivity contribution in [2.75, 3.05) is 0 Å². The lowest BCUT2D eigenvalue weighted by atomic mass is 10.2. The van der Waals surface area contributed by atoms with Gasteiger partial charge in [-0.2, -0.15) is 5.26 Å². The molecule has 0 aliphatic rings. The van der Waals surface area contributed by atoms with Gasteiger partial charge in [0.1, 0.15) is 0 Å². The highest BCUT2D eigenvalue weighted by Gasteiger charge is 1.95. The van der Waals surface area contributed by atoms with E-state index >= 15 is 0 Å². The molecule has 0 fully saturated rings. The first-order chi connectivity index (χ1) is 6.40. The molecule has 3 heteroatoms. The van der Waals surface area contributed by atoms with Gasteiger partial charge in [-0.25, -0.2) is 4.98 Å². The van der Waals surface area contributed by atoms with Gasteiger partial charge >= 0.3 is 0 Å². The van der Waals surface area contributed by atoms with Gasteiger partial charge in [0.25, 0.3) is 0 Å². The molecule has 2 rings (SSSR count). The summed E-state index contributed by atoms with van der Waals surface area (Å²) >= 11 is 0. The van der Waals surface area contributed by atoms with Crippen LogP contribution in [0.4, 0.5) is 0 Å². The molecule has 1 heterocycles. The molecule has 1 aromatic carbocycles. The van der Waals surface area contributed by atoms with E-state index in [0.717, 1.165) is 5.69 Å². The van der Waals surface area contributed by atoms with Crippen molar-refractivity contribution in [1.29, 1.82) is 5.26 Å². The highest BCUT2D eigenvalue weighted by atomic mass is 15.0. The maximum absolute atomic E-state index is 8.58. The molecule has 0 unspecified atom stereocenters. The fraction of sp³-hybridized carbons (Fsp3) is 0. The Hall–Kier alpha value is -2.08. The summed E-state index contributed by atoms with van der Waals surface area (Å²) in [5.41, 5.74) is 1.61. The molecule has 3 nitrogen and oxygen atoms in total. The lowest BCUT2D eigenvalue weighted by Gasteiger charge is -1.99. The number of rotatable bonds is 1. The molecule has 61 valence electrons. The molecule has 0 bridgehead atoms. The van der Waals surface area contributed by atoms with Crippen LogP contribution in [-0.2, 0) is 0 Å². The molecular formula is C10H6N3. The minimum Gasteiger partial charge on any atom is -0.297 e. The molecular weight excluding hydrogens is 162 g/mol. The molecule has 13 heavy (non-hydrogen) atoms. The molecule has 0 spiro atoms. The molecule has 2 aromatic rings. The monoisotopic (exact) mass is 168 g/mol. The van der Waals surface area contributed by atoms with Crippen molar-refractivity contribution in [3.8, 4) is 11.8 Å². The lowest BCUT2D eigenvalue weighted by molar-refractivity contribution is 1.04. The van der Waals surface area contributed by atoms with E-state index in [4.69, 9.17) is 5.26 Å². The molecule has 0 aliphatic heterocycles. The van der Waals surface area contributed by atoms with Gasteiger partial charge in [-0.15, -0.1) is 0 Å². The molecule has 0 saturated carbocycles. The summed E-state index contributed by atoms with van der Waals surface area (Å²) in [6.45, 7) is 0. The highest BCUT2D eigenvalue weighted by Crippen LogP contribution is 2.07. The zero-order valence-electron chi connectivity index (χ0n) is 6.81. The average Bonchev–Trinajstić information content (AvgIpc) is 2.71. The van der Waals surface area contributed by atoms with Gasteiger partial charge in [0.05, 0.1) is 11.6 Å². The predicted molar refractivity (Wildman–Crippen MR) is 47.1 cm³/mol. The number of aromatic nitrogens is 2. The Morgan fingerprint density at radius 2 is 2.08 bits per heavy atom. The minimum absolute atomic E-state index is 0.656. The first kappa shape index (κ1) is 7.56. The van der Waals surface area contributed by atoms with Crippen molar-refractivity contribution in [3.63, 3.8) is 0 Å². The first-order valence-corrected chi connectivity index (χ1v) is 3.82. The Balaban J connectivity index is 2.40. The highest BCUT2D eigenvalue weighted by molar-refractivity contribution is 5.38. The smallest absolute Gasteiger partial charge is 0.181 e. The van der Waals surface area contributed by atoms with Crippen molar-refractivity contribution in [2.45, 2.75) is 0 Å². The van der Waals surface area contributed by atoms with Crippen LogP contribution in [0, 0.1) is 17.7 Å². The standard InChI is InChI=1S/C10H6N3/c11-7-9-1-3-10(4-2-9)13-6-5-12-8-13/h1-6H. The molecule has 1 aromatic heterocycles. The summed E-state index contributed by atoms with van der Waals surface area (Å²) < 4.78 is 1.77. The molecule has 0 saturated heterocycles. The molecule has 0 aliphatic carbocycles. The van der Waals surface area contributed by atoms with E-state index in [0.29, 0.717) is 5.56 Å². The van der Waals surface area contributed by atoms with E-state index in [2.05, 4.69) is 17.4 Å². The van der Waals surface area contributed by atoms with E-state index in [9.17, 15) is 0 Å². The third kappa shape index (κ3) is 1.42. The van der Waals surface area contributed by atoms with Gasteiger partial charge in [0, 0.05) is 18.1 Å². The van der Waals surface area contributed by atoms with Crippen LogP contribution in [0.1, 0.15) is 5.56 Å². The Bertz CT molecular complexity index is 420. The summed E-state index contributed by atoms with van der Waals surface area (Å²) in [5.74, 6) is 0. The largest absolute Gasteiger partial charge is 0.297 e. The van der Waals surface area contributed by atoms with Gasteiger partial charge in [0.15, 0.2) is 6.33 Å². The zero-order chi connectivity index (χ0) is 9.10. The number of imidazole rings is 1. The molecule has 0 amide bonds. The van der Waals surface area contributed by atoms with Gasteiger partial charge in [0.2, 0.25) is 0 Å². The number of hydrogen-bond donors (Lipinski definition) is 0. The van der Waals surface area contributed by atoms with Gasteiger partial charge in [-0.05, 0) is 24.3 Å². The second kappa shape index (κ2) is 3.11. The maximum Gasteiger partial charge on any atom is 0.181 e. The van der Waals surface area contributed by atoms with E-state index in [1.807, 2.05) is 12.1 Å². The quantitative estimate of drug-likeness (QED) is 0.648. The average molecular weight is 168 g/mol. The molecule has 1 radical (unpaired) electrons. The summed E-state index contributed by atoms with van der Waals surface area (Å²) in [5, 5.41) is 8.58. The summed E-state index contributed by atoms with van der Waals surface area (Å²) in [6, 6.07) is 9.31. The third-order valence-corrected chi connectivity index (χ3v) is 1.73. The van der Waals surface area contributed by atoms with Crippen molar-refractivity contribution < 1.29 is 0 Å². The molecule has 0 N–H and O–H groups in total. The Morgan fingerprint density at radius 1 is 1.31 bits per heavy atom. The van der Waals surface area contributed by atoms with Gasteiger partial charge < -0.3 is 0 Å². The van der Waals surface area contributed by atoms with Crippen molar-refractivity contribution in [2.24, 2.45) is 0 Å². The van der Waals surface area contributed by atoms with Crippen LogP contribution in [-0.4, -0.2) is 9.55 Å². The van der Waals surface area contributed by atoms with Gasteiger partial charge in [-0.3, -0.25) is 4.57 Å². The van der Waals surface area contributed by atoms with Crippen molar-refractivity contribution in [3.05, 3.63) is 48.5 Å². The number of benzene rings is 1. The van der Waals surface area contributed by atoms with Crippen LogP contribution in [0.5, 0.6) is 0 Å². The minimum atomic E-state index is 0.656. The molecule has 0 atom stereocenters. The second-order valence-corrected chi connectivity index (χ2v) is 2.56. The van der Waals surface area contributed by atoms with Crippen LogP contribution in [0.3, 0.4) is 0 Å². The van der Waals surface area contributed by atoms with Crippen molar-refractivity contribution >= 4 is 0 Å². The fourth-order valence-electron chi connectivity index (χ4n) is 1.07. The van der Waals surface area contributed by atoms with Crippen LogP contribution in [0.15, 0.2) is 36.7 Å². The summed E-state index contributed by atoms with van der Waals surface area (Å²) in [4.78, 5) is 3.81.